The molecule has 1 aromatic carbocycles. The lowest BCUT2D eigenvalue weighted by Crippen LogP contribution is -1.91. The first kappa shape index (κ1) is 8.48. The molecule has 0 heterocycles. The molecule has 0 aliphatic rings. The molecule has 1 aromatic rings. The Hall–Kier alpha value is -1.62. The topological polar surface area (TPSA) is 40.9 Å². The first-order valence-corrected chi connectivity index (χ1v) is 3.65. The predicted octanol–water partition coefficient (Wildman–Crippen LogP) is 1.99. The zero-order valence-corrected chi connectivity index (χ0v) is 7.09. The van der Waals surface area contributed by atoms with E-state index in [4.69, 9.17) is 5.26 Å². The molecule has 0 atom stereocenters. The Balaban J connectivity index is 3.38. The molecule has 0 aromatic heterocycles. The summed E-state index contributed by atoms with van der Waals surface area (Å²) >= 11 is 0. The highest BCUT2D eigenvalue weighted by atomic mass is 16.1. The molecule has 0 saturated carbocycles. The number of rotatable bonds is 1. The van der Waals surface area contributed by atoms with Crippen LogP contribution >= 0.6 is 0 Å². The van der Waals surface area contributed by atoms with Crippen LogP contribution in [0.25, 0.3) is 0 Å². The van der Waals surface area contributed by atoms with Gasteiger partial charge in [0.1, 0.15) is 6.29 Å². The van der Waals surface area contributed by atoms with Gasteiger partial charge in [-0.2, -0.15) is 5.26 Å². The second-order valence-corrected chi connectivity index (χ2v) is 2.75. The summed E-state index contributed by atoms with van der Waals surface area (Å²) in [4.78, 5) is 10.5. The highest BCUT2D eigenvalue weighted by Gasteiger charge is 2.02. The van der Waals surface area contributed by atoms with Crippen LogP contribution in [0.3, 0.4) is 0 Å². The first-order valence-electron chi connectivity index (χ1n) is 3.65. The molecule has 0 aliphatic heterocycles. The summed E-state index contributed by atoms with van der Waals surface area (Å²) in [5, 5.41) is 8.67. The molecule has 2 nitrogen and oxygen atoms in total. The van der Waals surface area contributed by atoms with Crippen LogP contribution in [0.5, 0.6) is 0 Å². The van der Waals surface area contributed by atoms with Gasteiger partial charge >= 0.3 is 0 Å². The number of nitriles is 1. The van der Waals surface area contributed by atoms with Crippen molar-refractivity contribution in [1.29, 1.82) is 5.26 Å². The minimum absolute atomic E-state index is 0.637. The molecule has 12 heavy (non-hydrogen) atoms. The van der Waals surface area contributed by atoms with Gasteiger partial charge < -0.3 is 0 Å². The van der Waals surface area contributed by atoms with Crippen molar-refractivity contribution in [1.82, 2.24) is 0 Å². The van der Waals surface area contributed by atoms with E-state index in [9.17, 15) is 4.79 Å². The van der Waals surface area contributed by atoms with Gasteiger partial charge in [0.25, 0.3) is 0 Å². The second kappa shape index (κ2) is 3.19. The number of hydrogen-bond donors (Lipinski definition) is 0. The Morgan fingerprint density at radius 1 is 1.33 bits per heavy atom. The summed E-state index contributed by atoms with van der Waals surface area (Å²) in [6, 6.07) is 5.54. The average Bonchev–Trinajstić information content (AvgIpc) is 2.08. The van der Waals surface area contributed by atoms with Gasteiger partial charge in [-0.25, -0.2) is 0 Å². The molecule has 0 fully saturated rings. The van der Waals surface area contributed by atoms with Crippen molar-refractivity contribution >= 4 is 6.29 Å². The highest BCUT2D eigenvalue weighted by molar-refractivity contribution is 5.78. The zero-order chi connectivity index (χ0) is 9.14. The molecule has 0 radical (unpaired) electrons. The van der Waals surface area contributed by atoms with Gasteiger partial charge in [-0.1, -0.05) is 0 Å². The van der Waals surface area contributed by atoms with E-state index >= 15 is 0 Å². The minimum Gasteiger partial charge on any atom is -0.298 e. The van der Waals surface area contributed by atoms with Gasteiger partial charge in [0, 0.05) is 5.56 Å². The van der Waals surface area contributed by atoms with Crippen LogP contribution in [0.4, 0.5) is 0 Å². The SMILES string of the molecule is Cc1cc(C=O)c(C)cc1C#N. The molecular formula is C10H9NO. The van der Waals surface area contributed by atoms with E-state index in [0.29, 0.717) is 11.1 Å². The molecule has 2 heteroatoms. The van der Waals surface area contributed by atoms with Crippen molar-refractivity contribution in [2.45, 2.75) is 13.8 Å². The predicted molar refractivity (Wildman–Crippen MR) is 46.0 cm³/mol. The Bertz CT molecular complexity index is 361. The van der Waals surface area contributed by atoms with Crippen LogP contribution in [0.15, 0.2) is 12.1 Å². The van der Waals surface area contributed by atoms with Crippen molar-refractivity contribution in [3.63, 3.8) is 0 Å². The number of hydrogen-bond acceptors (Lipinski definition) is 2. The molecule has 0 bridgehead atoms. The van der Waals surface area contributed by atoms with Crippen LogP contribution in [0.1, 0.15) is 27.0 Å². The van der Waals surface area contributed by atoms with E-state index in [1.807, 2.05) is 13.8 Å². The smallest absolute Gasteiger partial charge is 0.150 e. The van der Waals surface area contributed by atoms with Gasteiger partial charge in [0.05, 0.1) is 11.6 Å². The van der Waals surface area contributed by atoms with Crippen LogP contribution in [0.2, 0.25) is 0 Å². The van der Waals surface area contributed by atoms with Gasteiger partial charge in [-0.3, -0.25) is 4.79 Å². The molecule has 0 saturated heterocycles. The molecule has 1 rings (SSSR count). The second-order valence-electron chi connectivity index (χ2n) is 2.75. The fourth-order valence-electron chi connectivity index (χ4n) is 1.09. The van der Waals surface area contributed by atoms with E-state index < -0.39 is 0 Å². The third-order valence-electron chi connectivity index (χ3n) is 1.86. The summed E-state index contributed by atoms with van der Waals surface area (Å²) < 4.78 is 0. The van der Waals surface area contributed by atoms with E-state index in [2.05, 4.69) is 6.07 Å². The number of benzene rings is 1. The van der Waals surface area contributed by atoms with E-state index in [0.717, 1.165) is 17.4 Å². The fourth-order valence-corrected chi connectivity index (χ4v) is 1.09. The van der Waals surface area contributed by atoms with Crippen molar-refractivity contribution < 1.29 is 4.79 Å². The third-order valence-corrected chi connectivity index (χ3v) is 1.86. The standard InChI is InChI=1S/C10H9NO/c1-7-4-10(6-12)8(2)3-9(7)5-11/h3-4,6H,1-2H3. The van der Waals surface area contributed by atoms with Gasteiger partial charge in [0.15, 0.2) is 0 Å². The summed E-state index contributed by atoms with van der Waals surface area (Å²) in [6.07, 6.45) is 0.809. The number of carbonyl (C=O) groups excluding carboxylic acids is 1. The maximum Gasteiger partial charge on any atom is 0.150 e. The molecule has 0 amide bonds. The molecule has 0 unspecified atom stereocenters. The molecular weight excluding hydrogens is 150 g/mol. The first-order chi connectivity index (χ1) is 5.69. The fraction of sp³-hybridized carbons (Fsp3) is 0.200. The summed E-state index contributed by atoms with van der Waals surface area (Å²) in [5.74, 6) is 0. The van der Waals surface area contributed by atoms with E-state index in [-0.39, 0.29) is 0 Å². The van der Waals surface area contributed by atoms with Gasteiger partial charge in [-0.15, -0.1) is 0 Å². The Kier molecular flexibility index (Phi) is 2.25. The van der Waals surface area contributed by atoms with Crippen molar-refractivity contribution in [3.8, 4) is 6.07 Å². The largest absolute Gasteiger partial charge is 0.298 e. The van der Waals surface area contributed by atoms with Crippen molar-refractivity contribution in [3.05, 3.63) is 34.4 Å². The summed E-state index contributed by atoms with van der Waals surface area (Å²) in [6.45, 7) is 3.65. The van der Waals surface area contributed by atoms with Crippen LogP contribution in [-0.2, 0) is 0 Å². The Morgan fingerprint density at radius 2 is 2.00 bits per heavy atom. The number of nitrogens with zero attached hydrogens (tertiary/aromatic N) is 1. The number of aryl methyl sites for hydroxylation is 2. The van der Waals surface area contributed by atoms with E-state index in [1.54, 1.807) is 12.1 Å². The van der Waals surface area contributed by atoms with Crippen LogP contribution in [-0.4, -0.2) is 6.29 Å². The Morgan fingerprint density at radius 3 is 2.50 bits per heavy atom. The van der Waals surface area contributed by atoms with Gasteiger partial charge in [-0.05, 0) is 37.1 Å². The number of aldehydes is 1. The van der Waals surface area contributed by atoms with Crippen molar-refractivity contribution in [2.75, 3.05) is 0 Å². The lowest BCUT2D eigenvalue weighted by Gasteiger charge is -2.01. The van der Waals surface area contributed by atoms with Crippen LogP contribution in [0, 0.1) is 25.2 Å². The highest BCUT2D eigenvalue weighted by Crippen LogP contribution is 2.13. The summed E-state index contributed by atoms with van der Waals surface area (Å²) in [5.41, 5.74) is 3.00. The lowest BCUT2D eigenvalue weighted by atomic mass is 10.0. The molecule has 0 aliphatic carbocycles. The maximum absolute atomic E-state index is 10.5. The van der Waals surface area contributed by atoms with Gasteiger partial charge in [0.2, 0.25) is 0 Å². The Labute approximate surface area is 71.4 Å². The third kappa shape index (κ3) is 1.35. The quantitative estimate of drug-likeness (QED) is 0.588. The number of carbonyl (C=O) groups is 1. The molecule has 0 N–H and O–H groups in total. The minimum atomic E-state index is 0.637. The molecule has 60 valence electrons. The van der Waals surface area contributed by atoms with Crippen LogP contribution < -0.4 is 0 Å². The maximum atomic E-state index is 10.5. The van der Waals surface area contributed by atoms with E-state index in [1.165, 1.54) is 0 Å². The van der Waals surface area contributed by atoms with Crippen molar-refractivity contribution in [2.24, 2.45) is 0 Å². The average molecular weight is 159 g/mol. The summed E-state index contributed by atoms with van der Waals surface area (Å²) in [7, 11) is 0. The monoisotopic (exact) mass is 159 g/mol. The lowest BCUT2D eigenvalue weighted by molar-refractivity contribution is 0.112. The molecule has 0 spiro atoms. The zero-order valence-electron chi connectivity index (χ0n) is 7.09. The normalized spacial score (nSPS) is 9.08.